The molecule has 2 bridgehead atoms. The van der Waals surface area contributed by atoms with E-state index >= 15 is 0 Å². The van der Waals surface area contributed by atoms with Crippen molar-refractivity contribution in [2.45, 2.75) is 51.2 Å². The Morgan fingerprint density at radius 2 is 2.29 bits per heavy atom. The van der Waals surface area contributed by atoms with Crippen molar-refractivity contribution in [3.05, 3.63) is 29.3 Å². The van der Waals surface area contributed by atoms with Crippen molar-refractivity contribution in [2.24, 2.45) is 11.8 Å². The van der Waals surface area contributed by atoms with E-state index in [1.54, 1.807) is 12.1 Å². The number of rotatable bonds is 5. The highest BCUT2D eigenvalue weighted by atomic mass is 35.5. The Balaban J connectivity index is 1.59. The largest absolute Gasteiger partial charge is 0.481 e. The predicted octanol–water partition coefficient (Wildman–Crippen LogP) is 3.80. The average molecular weight is 308 g/mol. The van der Waals surface area contributed by atoms with Gasteiger partial charge < -0.3 is 10.1 Å². The zero-order chi connectivity index (χ0) is 14.8. The van der Waals surface area contributed by atoms with Crippen LogP contribution in [0.4, 0.5) is 0 Å². The van der Waals surface area contributed by atoms with Crippen molar-refractivity contribution in [3.8, 4) is 5.75 Å². The van der Waals surface area contributed by atoms with E-state index in [0.29, 0.717) is 29.2 Å². The van der Waals surface area contributed by atoms with Gasteiger partial charge in [-0.1, -0.05) is 31.0 Å². The molecule has 0 radical (unpaired) electrons. The minimum atomic E-state index is -0.442. The standard InChI is InChI=1S/C17H22ClNO2/c1-2-16(21-14-5-3-4-13(18)10-14)17(20)19-15-9-11-6-7-12(15)8-11/h3-5,10-12,15-16H,2,6-9H2,1H3,(H,19,20)/t11-,12-,15-,16-/m0/s1. The van der Waals surface area contributed by atoms with Crippen molar-refractivity contribution in [1.29, 1.82) is 0 Å². The van der Waals surface area contributed by atoms with E-state index in [2.05, 4.69) is 5.32 Å². The molecule has 0 aliphatic heterocycles. The lowest BCUT2D eigenvalue weighted by Gasteiger charge is -2.25. The molecule has 0 saturated heterocycles. The monoisotopic (exact) mass is 307 g/mol. The second-order valence-electron chi connectivity index (χ2n) is 6.26. The topological polar surface area (TPSA) is 38.3 Å². The molecule has 21 heavy (non-hydrogen) atoms. The lowest BCUT2D eigenvalue weighted by Crippen LogP contribution is -2.45. The fourth-order valence-corrected chi connectivity index (χ4v) is 3.90. The van der Waals surface area contributed by atoms with Crippen molar-refractivity contribution >= 4 is 17.5 Å². The summed E-state index contributed by atoms with van der Waals surface area (Å²) in [6.45, 7) is 1.97. The summed E-state index contributed by atoms with van der Waals surface area (Å²) in [7, 11) is 0. The number of amides is 1. The third kappa shape index (κ3) is 3.34. The van der Waals surface area contributed by atoms with Gasteiger partial charge in [-0.15, -0.1) is 0 Å². The van der Waals surface area contributed by atoms with Crippen LogP contribution in [0.1, 0.15) is 39.0 Å². The van der Waals surface area contributed by atoms with Crippen LogP contribution in [0.25, 0.3) is 0 Å². The third-order valence-electron chi connectivity index (χ3n) is 4.80. The summed E-state index contributed by atoms with van der Waals surface area (Å²) >= 11 is 5.95. The first-order chi connectivity index (χ1) is 10.2. The number of hydrogen-bond acceptors (Lipinski definition) is 2. The Kier molecular flexibility index (Phi) is 4.39. The van der Waals surface area contributed by atoms with Gasteiger partial charge in [-0.3, -0.25) is 4.79 Å². The van der Waals surface area contributed by atoms with Crippen LogP contribution in [0.2, 0.25) is 5.02 Å². The van der Waals surface area contributed by atoms with Gasteiger partial charge in [-0.25, -0.2) is 0 Å². The first-order valence-electron chi connectivity index (χ1n) is 7.88. The number of benzene rings is 1. The van der Waals surface area contributed by atoms with E-state index in [4.69, 9.17) is 16.3 Å². The van der Waals surface area contributed by atoms with Crippen LogP contribution >= 0.6 is 11.6 Å². The fourth-order valence-electron chi connectivity index (χ4n) is 3.72. The number of fused-ring (bicyclic) bond motifs is 2. The molecule has 0 unspecified atom stereocenters. The van der Waals surface area contributed by atoms with E-state index in [-0.39, 0.29) is 5.91 Å². The summed E-state index contributed by atoms with van der Waals surface area (Å²) in [5, 5.41) is 3.82. The number of carbonyl (C=O) groups excluding carboxylic acids is 1. The average Bonchev–Trinajstić information content (AvgIpc) is 3.07. The molecular weight excluding hydrogens is 286 g/mol. The number of nitrogens with one attached hydrogen (secondary N) is 1. The highest BCUT2D eigenvalue weighted by Crippen LogP contribution is 2.44. The maximum absolute atomic E-state index is 12.4. The Morgan fingerprint density at radius 1 is 1.43 bits per heavy atom. The molecule has 3 rings (SSSR count). The van der Waals surface area contributed by atoms with Gasteiger partial charge >= 0.3 is 0 Å². The molecule has 2 aliphatic carbocycles. The Hall–Kier alpha value is -1.22. The summed E-state index contributed by atoms with van der Waals surface area (Å²) in [6, 6.07) is 7.56. The smallest absolute Gasteiger partial charge is 0.261 e. The normalized spacial score (nSPS) is 28.4. The minimum Gasteiger partial charge on any atom is -0.481 e. The second-order valence-corrected chi connectivity index (χ2v) is 6.70. The predicted molar refractivity (Wildman–Crippen MR) is 83.5 cm³/mol. The molecule has 1 N–H and O–H groups in total. The summed E-state index contributed by atoms with van der Waals surface area (Å²) in [6.07, 6.45) is 5.25. The van der Waals surface area contributed by atoms with Crippen LogP contribution < -0.4 is 10.1 Å². The SMILES string of the molecule is CC[C@H](Oc1cccc(Cl)c1)C(=O)N[C@H]1C[C@H]2CC[C@H]1C2. The van der Waals surface area contributed by atoms with Crippen molar-refractivity contribution in [2.75, 3.05) is 0 Å². The number of ether oxygens (including phenoxy) is 1. The molecule has 0 spiro atoms. The van der Waals surface area contributed by atoms with Gasteiger partial charge in [0.25, 0.3) is 5.91 Å². The van der Waals surface area contributed by atoms with Crippen LogP contribution in [0.5, 0.6) is 5.75 Å². The van der Waals surface area contributed by atoms with Gasteiger partial charge in [-0.2, -0.15) is 0 Å². The number of carbonyl (C=O) groups is 1. The van der Waals surface area contributed by atoms with Crippen LogP contribution in [0.15, 0.2) is 24.3 Å². The number of halogens is 1. The first-order valence-corrected chi connectivity index (χ1v) is 8.26. The molecule has 1 aromatic carbocycles. The molecule has 2 fully saturated rings. The van der Waals surface area contributed by atoms with Crippen LogP contribution in [0.3, 0.4) is 0 Å². The van der Waals surface area contributed by atoms with Crippen molar-refractivity contribution < 1.29 is 9.53 Å². The highest BCUT2D eigenvalue weighted by molar-refractivity contribution is 6.30. The van der Waals surface area contributed by atoms with Gasteiger partial charge in [0.05, 0.1) is 0 Å². The third-order valence-corrected chi connectivity index (χ3v) is 5.04. The summed E-state index contributed by atoms with van der Waals surface area (Å²) in [4.78, 5) is 12.4. The molecule has 4 atom stereocenters. The zero-order valence-corrected chi connectivity index (χ0v) is 13.1. The molecule has 1 aromatic rings. The quantitative estimate of drug-likeness (QED) is 0.898. The molecule has 0 aromatic heterocycles. The minimum absolute atomic E-state index is 0.00928. The first kappa shape index (κ1) is 14.7. The van der Waals surface area contributed by atoms with Gasteiger partial charge in [0, 0.05) is 11.1 Å². The molecule has 2 saturated carbocycles. The van der Waals surface area contributed by atoms with Gasteiger partial charge in [0.15, 0.2) is 6.10 Å². The lowest BCUT2D eigenvalue weighted by molar-refractivity contribution is -0.129. The molecule has 2 aliphatic rings. The summed E-state index contributed by atoms with van der Waals surface area (Å²) in [5.41, 5.74) is 0. The van der Waals surface area contributed by atoms with Gasteiger partial charge in [0.1, 0.15) is 5.75 Å². The van der Waals surface area contributed by atoms with E-state index in [1.807, 2.05) is 19.1 Å². The van der Waals surface area contributed by atoms with E-state index in [9.17, 15) is 4.79 Å². The molecule has 114 valence electrons. The Morgan fingerprint density at radius 3 is 2.90 bits per heavy atom. The Labute approximate surface area is 131 Å². The highest BCUT2D eigenvalue weighted by Gasteiger charge is 2.40. The maximum Gasteiger partial charge on any atom is 0.261 e. The molecule has 0 heterocycles. The van der Waals surface area contributed by atoms with E-state index in [0.717, 1.165) is 12.3 Å². The maximum atomic E-state index is 12.4. The van der Waals surface area contributed by atoms with Crippen LogP contribution in [-0.4, -0.2) is 18.1 Å². The molecule has 4 heteroatoms. The van der Waals surface area contributed by atoms with Crippen LogP contribution in [0, 0.1) is 11.8 Å². The summed E-state index contributed by atoms with van der Waals surface area (Å²) in [5.74, 6) is 2.17. The summed E-state index contributed by atoms with van der Waals surface area (Å²) < 4.78 is 5.80. The van der Waals surface area contributed by atoms with E-state index < -0.39 is 6.10 Å². The fraction of sp³-hybridized carbons (Fsp3) is 0.588. The van der Waals surface area contributed by atoms with Gasteiger partial charge in [0.2, 0.25) is 0 Å². The molecular formula is C17H22ClNO2. The van der Waals surface area contributed by atoms with E-state index in [1.165, 1.54) is 19.3 Å². The van der Waals surface area contributed by atoms with Gasteiger partial charge in [-0.05, 0) is 55.7 Å². The molecule has 3 nitrogen and oxygen atoms in total. The van der Waals surface area contributed by atoms with Crippen LogP contribution in [-0.2, 0) is 4.79 Å². The lowest BCUT2D eigenvalue weighted by atomic mass is 9.95. The number of hydrogen-bond donors (Lipinski definition) is 1. The van der Waals surface area contributed by atoms with Crippen molar-refractivity contribution in [3.63, 3.8) is 0 Å². The molecule has 1 amide bonds. The van der Waals surface area contributed by atoms with Crippen molar-refractivity contribution in [1.82, 2.24) is 5.32 Å². The second kappa shape index (κ2) is 6.27. The Bertz CT molecular complexity index is 519. The zero-order valence-electron chi connectivity index (χ0n) is 12.3.